The summed E-state index contributed by atoms with van der Waals surface area (Å²) in [4.78, 5) is 7.77. The first-order valence-corrected chi connectivity index (χ1v) is 8.84. The van der Waals surface area contributed by atoms with Crippen LogP contribution in [0.4, 0.5) is 0 Å². The first kappa shape index (κ1) is 18.9. The standard InChI is InChI=1S/C19H30N2O3/c1-4-21(11-17(22)14-23-13-15(2)3)12-18-10-19(20-24-18)16-8-6-5-7-9-16/h5-9,15,17-18,22H,4,10-14H2,1-3H3. The minimum Gasteiger partial charge on any atom is -0.390 e. The summed E-state index contributed by atoms with van der Waals surface area (Å²) in [5.74, 6) is 0.486. The van der Waals surface area contributed by atoms with E-state index in [1.54, 1.807) is 0 Å². The number of aliphatic hydroxyl groups excluding tert-OH is 1. The Hall–Kier alpha value is -1.43. The second-order valence-electron chi connectivity index (χ2n) is 6.77. The molecule has 2 unspecified atom stereocenters. The maximum Gasteiger partial charge on any atom is 0.145 e. The molecule has 0 aromatic heterocycles. The third-order valence-electron chi connectivity index (χ3n) is 3.98. The van der Waals surface area contributed by atoms with Gasteiger partial charge in [0.2, 0.25) is 0 Å². The highest BCUT2D eigenvalue weighted by Crippen LogP contribution is 2.17. The third kappa shape index (κ3) is 6.23. The molecule has 2 rings (SSSR count). The fourth-order valence-electron chi connectivity index (χ4n) is 2.74. The lowest BCUT2D eigenvalue weighted by atomic mass is 10.0. The van der Waals surface area contributed by atoms with Crippen molar-refractivity contribution in [2.45, 2.75) is 39.4 Å². The Bertz CT molecular complexity index is 505. The summed E-state index contributed by atoms with van der Waals surface area (Å²) >= 11 is 0. The molecule has 0 bridgehead atoms. The van der Waals surface area contributed by atoms with E-state index in [9.17, 15) is 5.11 Å². The van der Waals surface area contributed by atoms with Gasteiger partial charge < -0.3 is 14.7 Å². The minimum absolute atomic E-state index is 0.0453. The second-order valence-corrected chi connectivity index (χ2v) is 6.77. The van der Waals surface area contributed by atoms with Crippen molar-refractivity contribution in [1.29, 1.82) is 0 Å². The van der Waals surface area contributed by atoms with Gasteiger partial charge in [0.15, 0.2) is 0 Å². The minimum atomic E-state index is -0.473. The van der Waals surface area contributed by atoms with E-state index in [-0.39, 0.29) is 6.10 Å². The highest BCUT2D eigenvalue weighted by Gasteiger charge is 2.24. The van der Waals surface area contributed by atoms with E-state index < -0.39 is 6.10 Å². The van der Waals surface area contributed by atoms with Gasteiger partial charge in [-0.25, -0.2) is 0 Å². The average Bonchev–Trinajstić information content (AvgIpc) is 3.03. The quantitative estimate of drug-likeness (QED) is 0.714. The molecule has 1 N–H and O–H groups in total. The van der Waals surface area contributed by atoms with Crippen LogP contribution in [0.5, 0.6) is 0 Å². The zero-order valence-electron chi connectivity index (χ0n) is 15.0. The average molecular weight is 334 g/mol. The van der Waals surface area contributed by atoms with Crippen molar-refractivity contribution in [2.24, 2.45) is 11.1 Å². The van der Waals surface area contributed by atoms with E-state index in [1.807, 2.05) is 18.2 Å². The molecule has 0 aliphatic carbocycles. The van der Waals surface area contributed by atoms with Gasteiger partial charge in [-0.1, -0.05) is 56.3 Å². The zero-order valence-corrected chi connectivity index (χ0v) is 15.0. The van der Waals surface area contributed by atoms with Gasteiger partial charge >= 0.3 is 0 Å². The number of hydrogen-bond acceptors (Lipinski definition) is 5. The first-order valence-electron chi connectivity index (χ1n) is 8.84. The number of nitrogens with zero attached hydrogens (tertiary/aromatic N) is 2. The molecule has 5 nitrogen and oxygen atoms in total. The molecule has 0 fully saturated rings. The molecule has 1 aromatic rings. The Balaban J connectivity index is 1.74. The van der Waals surface area contributed by atoms with Gasteiger partial charge in [-0.15, -0.1) is 0 Å². The van der Waals surface area contributed by atoms with Crippen molar-refractivity contribution in [2.75, 3.05) is 32.8 Å². The summed E-state index contributed by atoms with van der Waals surface area (Å²) in [6, 6.07) is 10.1. The lowest BCUT2D eigenvalue weighted by Gasteiger charge is -2.25. The van der Waals surface area contributed by atoms with E-state index in [2.05, 4.69) is 43.0 Å². The molecule has 1 aliphatic heterocycles. The fourth-order valence-corrected chi connectivity index (χ4v) is 2.74. The number of rotatable bonds is 10. The van der Waals surface area contributed by atoms with E-state index in [4.69, 9.17) is 9.57 Å². The number of aliphatic hydroxyl groups is 1. The van der Waals surface area contributed by atoms with E-state index in [1.165, 1.54) is 0 Å². The van der Waals surface area contributed by atoms with Crippen LogP contribution in [0.1, 0.15) is 32.8 Å². The molecule has 0 saturated heterocycles. The number of hydrogen-bond donors (Lipinski definition) is 1. The molecule has 0 amide bonds. The topological polar surface area (TPSA) is 54.3 Å². The van der Waals surface area contributed by atoms with Gasteiger partial charge in [0.05, 0.1) is 18.4 Å². The van der Waals surface area contributed by atoms with Crippen molar-refractivity contribution in [3.05, 3.63) is 35.9 Å². The summed E-state index contributed by atoms with van der Waals surface area (Å²) in [7, 11) is 0. The number of ether oxygens (including phenoxy) is 1. The van der Waals surface area contributed by atoms with Gasteiger partial charge in [-0.3, -0.25) is 4.90 Å². The van der Waals surface area contributed by atoms with E-state index in [0.717, 1.165) is 30.8 Å². The van der Waals surface area contributed by atoms with Crippen LogP contribution >= 0.6 is 0 Å². The van der Waals surface area contributed by atoms with Gasteiger partial charge in [-0.05, 0) is 18.0 Å². The van der Waals surface area contributed by atoms with Crippen LogP contribution in [-0.4, -0.2) is 60.8 Å². The van der Waals surface area contributed by atoms with Gasteiger partial charge in [0.25, 0.3) is 0 Å². The van der Waals surface area contributed by atoms with Gasteiger partial charge in [0.1, 0.15) is 6.10 Å². The number of benzene rings is 1. The van der Waals surface area contributed by atoms with Crippen molar-refractivity contribution >= 4 is 5.71 Å². The van der Waals surface area contributed by atoms with Crippen molar-refractivity contribution in [1.82, 2.24) is 4.90 Å². The molecule has 1 heterocycles. The van der Waals surface area contributed by atoms with Crippen LogP contribution in [0.3, 0.4) is 0 Å². The summed E-state index contributed by atoms with van der Waals surface area (Å²) < 4.78 is 5.52. The van der Waals surface area contributed by atoms with Gasteiger partial charge in [-0.2, -0.15) is 0 Å². The zero-order chi connectivity index (χ0) is 17.4. The summed E-state index contributed by atoms with van der Waals surface area (Å²) in [6.07, 6.45) is 0.379. The van der Waals surface area contributed by atoms with Crippen molar-refractivity contribution in [3.63, 3.8) is 0 Å². The fraction of sp³-hybridized carbons (Fsp3) is 0.632. The summed E-state index contributed by atoms with van der Waals surface area (Å²) in [5.41, 5.74) is 2.11. The first-order chi connectivity index (χ1) is 11.6. The molecular formula is C19H30N2O3. The van der Waals surface area contributed by atoms with Crippen LogP contribution < -0.4 is 0 Å². The molecule has 0 saturated carbocycles. The normalized spacial score (nSPS) is 18.8. The number of likely N-dealkylation sites (N-methyl/N-ethyl adjacent to an activating group) is 1. The lowest BCUT2D eigenvalue weighted by Crippen LogP contribution is -2.39. The molecular weight excluding hydrogens is 304 g/mol. The maximum absolute atomic E-state index is 10.1. The SMILES string of the molecule is CCN(CC(O)COCC(C)C)CC1CC(c2ccccc2)=NO1. The Labute approximate surface area is 145 Å². The van der Waals surface area contributed by atoms with Crippen LogP contribution in [-0.2, 0) is 9.57 Å². The predicted molar refractivity (Wildman–Crippen MR) is 96.2 cm³/mol. The Morgan fingerprint density at radius 2 is 2.04 bits per heavy atom. The van der Waals surface area contributed by atoms with Crippen LogP contribution in [0.2, 0.25) is 0 Å². The predicted octanol–water partition coefficient (Wildman–Crippen LogP) is 2.54. The Morgan fingerprint density at radius 1 is 1.29 bits per heavy atom. The largest absolute Gasteiger partial charge is 0.390 e. The van der Waals surface area contributed by atoms with Crippen LogP contribution in [0.25, 0.3) is 0 Å². The van der Waals surface area contributed by atoms with E-state index in [0.29, 0.717) is 25.7 Å². The second kappa shape index (κ2) is 9.77. The molecule has 1 aliphatic rings. The highest BCUT2D eigenvalue weighted by molar-refractivity contribution is 6.01. The van der Waals surface area contributed by atoms with Gasteiger partial charge in [0, 0.05) is 26.1 Å². The number of oxime groups is 1. The molecule has 2 atom stereocenters. The summed E-state index contributed by atoms with van der Waals surface area (Å²) in [5, 5.41) is 14.4. The molecule has 0 spiro atoms. The molecule has 5 heteroatoms. The monoisotopic (exact) mass is 334 g/mol. The van der Waals surface area contributed by atoms with Crippen LogP contribution in [0, 0.1) is 5.92 Å². The third-order valence-corrected chi connectivity index (χ3v) is 3.98. The van der Waals surface area contributed by atoms with E-state index >= 15 is 0 Å². The van der Waals surface area contributed by atoms with Crippen molar-refractivity contribution < 1.29 is 14.7 Å². The van der Waals surface area contributed by atoms with Crippen molar-refractivity contribution in [3.8, 4) is 0 Å². The Morgan fingerprint density at radius 3 is 2.71 bits per heavy atom. The summed E-state index contributed by atoms with van der Waals surface area (Å²) in [6.45, 7) is 9.58. The molecule has 0 radical (unpaired) electrons. The highest BCUT2D eigenvalue weighted by atomic mass is 16.6. The smallest absolute Gasteiger partial charge is 0.145 e. The Kier molecular flexibility index (Phi) is 7.69. The lowest BCUT2D eigenvalue weighted by molar-refractivity contribution is -0.00421. The molecule has 1 aromatic carbocycles. The maximum atomic E-state index is 10.1. The van der Waals surface area contributed by atoms with Crippen LogP contribution in [0.15, 0.2) is 35.5 Å². The molecule has 134 valence electrons. The molecule has 24 heavy (non-hydrogen) atoms.